The van der Waals surface area contributed by atoms with Crippen molar-refractivity contribution >= 4 is 23.0 Å². The van der Waals surface area contributed by atoms with Crippen LogP contribution in [0.15, 0.2) is 90.0 Å². The molecule has 5 aromatic rings. The third-order valence-corrected chi connectivity index (χ3v) is 9.90. The summed E-state index contributed by atoms with van der Waals surface area (Å²) in [7, 11) is 3.24. The second-order valence-corrected chi connectivity index (χ2v) is 14.4. The number of hydrogen-bond acceptors (Lipinski definition) is 10. The summed E-state index contributed by atoms with van der Waals surface area (Å²) in [6.07, 6.45) is -0.274. The minimum Gasteiger partial charge on any atom is -0.497 e. The number of carbonyl (C=O) groups is 1. The second kappa shape index (κ2) is 13.7. The van der Waals surface area contributed by atoms with Crippen LogP contribution in [0.3, 0.4) is 0 Å². The van der Waals surface area contributed by atoms with Gasteiger partial charge in [0.05, 0.1) is 38.3 Å². The van der Waals surface area contributed by atoms with Gasteiger partial charge in [0, 0.05) is 18.6 Å². The molecule has 1 saturated heterocycles. The molecule has 52 heavy (non-hydrogen) atoms. The number of nitrogens with zero attached hydrogens (tertiary/aromatic N) is 3. The number of rotatable bonds is 11. The molecule has 2 fully saturated rings. The van der Waals surface area contributed by atoms with Gasteiger partial charge in [0.25, 0.3) is 5.56 Å². The van der Waals surface area contributed by atoms with Crippen LogP contribution >= 0.6 is 0 Å². The summed E-state index contributed by atoms with van der Waals surface area (Å²) < 4.78 is 26.0. The Morgan fingerprint density at radius 3 is 2.19 bits per heavy atom. The van der Waals surface area contributed by atoms with Gasteiger partial charge in [-0.15, -0.1) is 0 Å². The molecule has 0 radical (unpaired) electrons. The number of benzene rings is 3. The largest absolute Gasteiger partial charge is 0.497 e. The van der Waals surface area contributed by atoms with E-state index in [9.17, 15) is 14.7 Å². The van der Waals surface area contributed by atoms with Crippen molar-refractivity contribution in [2.75, 3.05) is 26.1 Å². The number of carbonyl (C=O) groups excluding carboxylic acids is 1. The Balaban J connectivity index is 1.28. The van der Waals surface area contributed by atoms with Crippen molar-refractivity contribution in [3.63, 3.8) is 0 Å². The Kier molecular flexibility index (Phi) is 9.28. The molecule has 1 aliphatic heterocycles. The molecule has 272 valence electrons. The maximum absolute atomic E-state index is 14.1. The van der Waals surface area contributed by atoms with Gasteiger partial charge in [-0.3, -0.25) is 14.6 Å². The van der Waals surface area contributed by atoms with Crippen molar-refractivity contribution in [3.05, 3.63) is 112 Å². The second-order valence-electron chi connectivity index (χ2n) is 14.4. The van der Waals surface area contributed by atoms with Gasteiger partial charge >= 0.3 is 0 Å². The number of aliphatic hydroxyl groups excluding tert-OH is 1. The van der Waals surface area contributed by atoms with E-state index in [1.165, 1.54) is 10.9 Å². The number of amides is 1. The molecular weight excluding hydrogens is 664 g/mol. The zero-order valence-corrected chi connectivity index (χ0v) is 29.9. The van der Waals surface area contributed by atoms with Crippen LogP contribution in [0.2, 0.25) is 0 Å². The van der Waals surface area contributed by atoms with E-state index in [2.05, 4.69) is 25.6 Å². The van der Waals surface area contributed by atoms with E-state index in [0.29, 0.717) is 30.9 Å². The number of imidazole rings is 1. The first-order chi connectivity index (χ1) is 25.0. The lowest BCUT2D eigenvalue weighted by atomic mass is 9.78. The molecule has 0 unspecified atom stereocenters. The van der Waals surface area contributed by atoms with Crippen LogP contribution in [-0.2, 0) is 26.4 Å². The molecule has 2 aliphatic rings. The number of aliphatic hydroxyl groups is 1. The molecule has 3 heterocycles. The molecule has 1 saturated carbocycles. The number of hydrogen-bond donors (Lipinski definition) is 4. The van der Waals surface area contributed by atoms with Crippen molar-refractivity contribution in [1.29, 1.82) is 0 Å². The Bertz CT molecular complexity index is 2050. The number of aromatic amines is 1. The van der Waals surface area contributed by atoms with Gasteiger partial charge in [0.2, 0.25) is 11.9 Å². The van der Waals surface area contributed by atoms with Crippen molar-refractivity contribution < 1.29 is 28.8 Å². The SMILES string of the molecule is COc1ccc(C(O[C@@H]2C[C@@H]3OCC[C@]2(NC(=O)Cn2cnc4c(=O)[nH]c(NC(C)(C)C)nc42)[C@@H]3O)(c2ccccc2)c2ccc(OC)cc2)cc1. The molecule has 13 nitrogen and oxygen atoms in total. The van der Waals surface area contributed by atoms with Gasteiger partial charge in [0.15, 0.2) is 11.2 Å². The lowest BCUT2D eigenvalue weighted by Gasteiger charge is -2.45. The van der Waals surface area contributed by atoms with Crippen molar-refractivity contribution in [2.24, 2.45) is 0 Å². The first kappa shape index (κ1) is 35.2. The Morgan fingerprint density at radius 2 is 1.60 bits per heavy atom. The van der Waals surface area contributed by atoms with Crippen molar-refractivity contribution in [3.8, 4) is 11.5 Å². The predicted octanol–water partition coefficient (Wildman–Crippen LogP) is 4.13. The van der Waals surface area contributed by atoms with Crippen LogP contribution in [-0.4, -0.2) is 80.7 Å². The highest BCUT2D eigenvalue weighted by Gasteiger charge is 2.61. The Labute approximate surface area is 301 Å². The fourth-order valence-corrected chi connectivity index (χ4v) is 7.47. The number of ether oxygens (including phenoxy) is 4. The van der Waals surface area contributed by atoms with Gasteiger partial charge in [-0.2, -0.15) is 4.98 Å². The number of H-pyrrole nitrogens is 1. The minimum atomic E-state index is -1.21. The summed E-state index contributed by atoms with van der Waals surface area (Å²) in [5.41, 5.74) is -0.320. The van der Waals surface area contributed by atoms with Crippen LogP contribution in [0.5, 0.6) is 11.5 Å². The summed E-state index contributed by atoms with van der Waals surface area (Å²) in [6.45, 7) is 5.96. The van der Waals surface area contributed by atoms with E-state index in [-0.39, 0.29) is 29.2 Å². The first-order valence-electron chi connectivity index (χ1n) is 17.3. The highest BCUT2D eigenvalue weighted by atomic mass is 16.5. The number of anilines is 1. The molecular formula is C39H44N6O7. The topological polar surface area (TPSA) is 162 Å². The predicted molar refractivity (Wildman–Crippen MR) is 195 cm³/mol. The number of aromatic nitrogens is 4. The van der Waals surface area contributed by atoms with Gasteiger partial charge in [-0.05, 0) is 68.1 Å². The molecule has 2 bridgehead atoms. The molecule has 3 aromatic carbocycles. The van der Waals surface area contributed by atoms with Crippen molar-refractivity contribution in [1.82, 2.24) is 24.8 Å². The molecule has 4 N–H and O–H groups in total. The van der Waals surface area contributed by atoms with E-state index in [1.807, 2.05) is 99.6 Å². The van der Waals surface area contributed by atoms with Gasteiger partial charge in [-0.25, -0.2) is 4.98 Å². The molecule has 0 spiro atoms. The fourth-order valence-electron chi connectivity index (χ4n) is 7.47. The van der Waals surface area contributed by atoms with Gasteiger partial charge < -0.3 is 39.3 Å². The van der Waals surface area contributed by atoms with Crippen LogP contribution in [0.4, 0.5) is 5.95 Å². The molecule has 1 amide bonds. The Hall–Kier alpha value is -5.24. The Morgan fingerprint density at radius 1 is 0.981 bits per heavy atom. The monoisotopic (exact) mass is 708 g/mol. The lowest BCUT2D eigenvalue weighted by molar-refractivity contribution is -0.143. The standard InChI is InChI=1S/C39H44N6O7/c1-37(2,3)44-36-41-34-32(35(48)42-36)40-23-45(34)22-31(46)43-38-19-20-51-29(33(38)47)21-30(38)52-39(24-9-7-6-8-10-24,25-11-15-27(49-4)16-12-25)26-13-17-28(50-5)18-14-26/h6-18,23,29-30,33,47H,19-22H2,1-5H3,(H,43,46)(H2,41,42,44,48)/t29-,30+,33+,38+/m0/s1. The number of nitrogens with one attached hydrogen (secondary N) is 3. The quantitative estimate of drug-likeness (QED) is 0.147. The minimum absolute atomic E-state index is 0.116. The van der Waals surface area contributed by atoms with Gasteiger partial charge in [0.1, 0.15) is 29.7 Å². The van der Waals surface area contributed by atoms with E-state index in [0.717, 1.165) is 16.7 Å². The highest BCUT2D eigenvalue weighted by Crippen LogP contribution is 2.49. The lowest BCUT2D eigenvalue weighted by Crippen LogP contribution is -2.65. The smallest absolute Gasteiger partial charge is 0.280 e. The molecule has 7 rings (SSSR count). The van der Waals surface area contributed by atoms with Crippen LogP contribution < -0.4 is 25.7 Å². The van der Waals surface area contributed by atoms with E-state index < -0.39 is 40.9 Å². The normalized spacial score (nSPS) is 21.5. The number of methoxy groups -OCH3 is 2. The highest BCUT2D eigenvalue weighted by molar-refractivity contribution is 5.80. The average Bonchev–Trinajstić information content (AvgIpc) is 3.57. The first-order valence-corrected chi connectivity index (χ1v) is 17.3. The summed E-state index contributed by atoms with van der Waals surface area (Å²) >= 11 is 0. The van der Waals surface area contributed by atoms with E-state index in [1.54, 1.807) is 14.2 Å². The van der Waals surface area contributed by atoms with Crippen LogP contribution in [0.25, 0.3) is 11.2 Å². The van der Waals surface area contributed by atoms with Crippen LogP contribution in [0.1, 0.15) is 50.3 Å². The summed E-state index contributed by atoms with van der Waals surface area (Å²) in [6, 6.07) is 25.3. The third kappa shape index (κ3) is 6.40. The molecule has 2 aromatic heterocycles. The van der Waals surface area contributed by atoms with Crippen LogP contribution in [0, 0.1) is 0 Å². The zero-order chi connectivity index (χ0) is 36.7. The summed E-state index contributed by atoms with van der Waals surface area (Å²) in [5.74, 6) is 1.25. The van der Waals surface area contributed by atoms with Gasteiger partial charge in [-0.1, -0.05) is 54.6 Å². The molecule has 1 aliphatic carbocycles. The number of fused-ring (bicyclic) bond motifs is 3. The molecule has 4 atom stereocenters. The summed E-state index contributed by atoms with van der Waals surface area (Å²) in [4.78, 5) is 38.5. The fraction of sp³-hybridized carbons (Fsp3) is 0.385. The zero-order valence-electron chi connectivity index (χ0n) is 29.9. The third-order valence-electron chi connectivity index (χ3n) is 9.90. The maximum atomic E-state index is 14.1. The van der Waals surface area contributed by atoms with E-state index >= 15 is 0 Å². The average molecular weight is 709 g/mol. The van der Waals surface area contributed by atoms with Crippen molar-refractivity contribution in [2.45, 2.75) is 75.1 Å². The molecule has 13 heteroatoms. The maximum Gasteiger partial charge on any atom is 0.280 e. The summed E-state index contributed by atoms with van der Waals surface area (Å²) in [5, 5.41) is 18.2. The van der Waals surface area contributed by atoms with E-state index in [4.69, 9.17) is 18.9 Å².